The first-order chi connectivity index (χ1) is 16.7. The Morgan fingerprint density at radius 2 is 2.06 bits per heavy atom. The predicted molar refractivity (Wildman–Crippen MR) is 132 cm³/mol. The molecule has 0 aliphatic carbocycles. The Hall–Kier alpha value is -3.78. The highest BCUT2D eigenvalue weighted by Crippen LogP contribution is 2.52. The highest BCUT2D eigenvalue weighted by atomic mass is 32.1. The van der Waals surface area contributed by atoms with E-state index in [0.29, 0.717) is 18.1 Å². The first-order valence-corrected chi connectivity index (χ1v) is 12.1. The van der Waals surface area contributed by atoms with Crippen LogP contribution < -0.4 is 19.5 Å². The van der Waals surface area contributed by atoms with Crippen LogP contribution in [0.15, 0.2) is 65.8 Å². The van der Waals surface area contributed by atoms with E-state index in [1.807, 2.05) is 35.9 Å². The van der Waals surface area contributed by atoms with Crippen LogP contribution >= 0.6 is 11.3 Å². The number of hydrogen-bond donors (Lipinski definition) is 1. The highest BCUT2D eigenvalue weighted by Gasteiger charge is 2.41. The van der Waals surface area contributed by atoms with Crippen molar-refractivity contribution in [2.45, 2.75) is 26.0 Å². The van der Waals surface area contributed by atoms with Gasteiger partial charge in [-0.3, -0.25) is 0 Å². The minimum atomic E-state index is -0.355. The average molecular weight is 473 g/mol. The van der Waals surface area contributed by atoms with E-state index in [2.05, 4.69) is 52.0 Å². The number of aromatic nitrogens is 3. The maximum Gasteiger partial charge on any atom is 0.226 e. The molecule has 8 heteroatoms. The smallest absolute Gasteiger partial charge is 0.226 e. The monoisotopic (exact) mass is 472 g/mol. The number of rotatable bonds is 5. The van der Waals surface area contributed by atoms with Gasteiger partial charge in [0.25, 0.3) is 0 Å². The van der Waals surface area contributed by atoms with Gasteiger partial charge < -0.3 is 19.5 Å². The van der Waals surface area contributed by atoms with E-state index < -0.39 is 0 Å². The fourth-order valence-electron chi connectivity index (χ4n) is 4.70. The summed E-state index contributed by atoms with van der Waals surface area (Å²) in [4.78, 5) is 5.66. The molecule has 1 N–H and O–H groups in total. The van der Waals surface area contributed by atoms with Crippen molar-refractivity contribution in [1.82, 2.24) is 14.8 Å². The lowest BCUT2D eigenvalue weighted by atomic mass is 9.86. The topological polar surface area (TPSA) is 70.4 Å². The molecule has 2 aromatic heterocycles. The third-order valence-electron chi connectivity index (χ3n) is 6.17. The maximum absolute atomic E-state index is 6.71. The van der Waals surface area contributed by atoms with Gasteiger partial charge in [0.05, 0.1) is 19.4 Å². The van der Waals surface area contributed by atoms with Gasteiger partial charge in [-0.2, -0.15) is 10.1 Å². The second-order valence-corrected chi connectivity index (χ2v) is 9.22. The second-order valence-electron chi connectivity index (χ2n) is 8.24. The number of fused-ring (bicyclic) bond motifs is 3. The Kier molecular flexibility index (Phi) is 5.03. The summed E-state index contributed by atoms with van der Waals surface area (Å²) in [5, 5.41) is 10.2. The first-order valence-electron chi connectivity index (χ1n) is 11.2. The molecule has 4 aromatic rings. The molecule has 0 amide bonds. The summed E-state index contributed by atoms with van der Waals surface area (Å²) in [6.45, 7) is 4.62. The standard InChI is InChI=1S/C26H24N4O3S/c1-4-32-19-10-8-16(13-20(19)31-3)25-22-23(17-12-15(2)7-9-18(17)33-25)29-26-27-14-28-30(26)24(22)21-6-5-11-34-21/h5-14,24-25H,4H2,1-3H3,(H,27,28,29)/t24-,25-/m0/s1. The minimum absolute atomic E-state index is 0.148. The maximum atomic E-state index is 6.71. The van der Waals surface area contributed by atoms with E-state index in [4.69, 9.17) is 14.2 Å². The van der Waals surface area contributed by atoms with E-state index in [1.54, 1.807) is 24.8 Å². The van der Waals surface area contributed by atoms with Gasteiger partial charge in [0.2, 0.25) is 5.95 Å². The lowest BCUT2D eigenvalue weighted by Crippen LogP contribution is -2.32. The average Bonchev–Trinajstić information content (AvgIpc) is 3.55. The zero-order valence-electron chi connectivity index (χ0n) is 19.1. The molecule has 172 valence electrons. The summed E-state index contributed by atoms with van der Waals surface area (Å²) in [5.41, 5.74) is 5.27. The van der Waals surface area contributed by atoms with Crippen molar-refractivity contribution in [3.05, 3.63) is 87.4 Å². The molecular formula is C26H24N4O3S. The molecule has 4 heterocycles. The number of ether oxygens (including phenoxy) is 3. The number of methoxy groups -OCH3 is 1. The van der Waals surface area contributed by atoms with Crippen LogP contribution in [0.5, 0.6) is 17.2 Å². The molecule has 2 aromatic carbocycles. The molecule has 0 radical (unpaired) electrons. The Balaban J connectivity index is 1.58. The SMILES string of the molecule is CCOc1ccc([C@@H]2Oc3ccc(C)cc3C3=C2[C@H](c2cccs2)n2ncnc2N3)cc1OC. The normalized spacial score (nSPS) is 18.3. The van der Waals surface area contributed by atoms with Crippen LogP contribution in [0.25, 0.3) is 5.70 Å². The molecule has 0 fully saturated rings. The number of hydrogen-bond acceptors (Lipinski definition) is 7. The number of nitrogens with one attached hydrogen (secondary N) is 1. The van der Waals surface area contributed by atoms with Crippen molar-refractivity contribution in [1.29, 1.82) is 0 Å². The quantitative estimate of drug-likeness (QED) is 0.407. The number of thiophene rings is 1. The van der Waals surface area contributed by atoms with Crippen LogP contribution in [-0.4, -0.2) is 28.5 Å². The molecule has 6 rings (SSSR count). The van der Waals surface area contributed by atoms with Gasteiger partial charge in [0.1, 0.15) is 24.2 Å². The van der Waals surface area contributed by atoms with Crippen molar-refractivity contribution in [3.8, 4) is 17.2 Å². The first kappa shape index (κ1) is 20.8. The third-order valence-corrected chi connectivity index (χ3v) is 7.10. The molecule has 0 bridgehead atoms. The van der Waals surface area contributed by atoms with Gasteiger partial charge in [-0.05, 0) is 49.6 Å². The number of anilines is 1. The molecule has 2 aliphatic heterocycles. The van der Waals surface area contributed by atoms with E-state index in [0.717, 1.165) is 39.7 Å². The number of aryl methyl sites for hydroxylation is 1. The van der Waals surface area contributed by atoms with Gasteiger partial charge in [0.15, 0.2) is 11.5 Å². The molecule has 2 aliphatic rings. The van der Waals surface area contributed by atoms with Gasteiger partial charge in [0, 0.05) is 21.6 Å². The van der Waals surface area contributed by atoms with Crippen LogP contribution in [0.4, 0.5) is 5.95 Å². The van der Waals surface area contributed by atoms with Crippen molar-refractivity contribution in [2.75, 3.05) is 19.0 Å². The Bertz CT molecular complexity index is 1390. The zero-order valence-corrected chi connectivity index (χ0v) is 19.9. The lowest BCUT2D eigenvalue weighted by molar-refractivity contribution is 0.222. The van der Waals surface area contributed by atoms with Crippen molar-refractivity contribution in [2.24, 2.45) is 0 Å². The Morgan fingerprint density at radius 3 is 2.85 bits per heavy atom. The van der Waals surface area contributed by atoms with Crippen LogP contribution in [0, 0.1) is 6.92 Å². The fourth-order valence-corrected chi connectivity index (χ4v) is 5.53. The molecule has 7 nitrogen and oxygen atoms in total. The minimum Gasteiger partial charge on any atom is -0.493 e. The van der Waals surface area contributed by atoms with Gasteiger partial charge in [-0.25, -0.2) is 4.68 Å². The van der Waals surface area contributed by atoms with Gasteiger partial charge >= 0.3 is 0 Å². The van der Waals surface area contributed by atoms with Gasteiger partial charge in [-0.15, -0.1) is 11.3 Å². The fraction of sp³-hybridized carbons (Fsp3) is 0.231. The third kappa shape index (κ3) is 3.25. The summed E-state index contributed by atoms with van der Waals surface area (Å²) < 4.78 is 20.1. The van der Waals surface area contributed by atoms with E-state index >= 15 is 0 Å². The summed E-state index contributed by atoms with van der Waals surface area (Å²) in [5.74, 6) is 2.93. The highest BCUT2D eigenvalue weighted by molar-refractivity contribution is 7.10. The van der Waals surface area contributed by atoms with Crippen LogP contribution in [-0.2, 0) is 0 Å². The van der Waals surface area contributed by atoms with Crippen LogP contribution in [0.1, 0.15) is 40.6 Å². The number of nitrogens with zero attached hydrogens (tertiary/aromatic N) is 3. The lowest BCUT2D eigenvalue weighted by Gasteiger charge is -2.38. The van der Waals surface area contributed by atoms with E-state index in [-0.39, 0.29) is 12.1 Å². The van der Waals surface area contributed by atoms with E-state index in [1.165, 1.54) is 4.88 Å². The zero-order chi connectivity index (χ0) is 23.2. The van der Waals surface area contributed by atoms with Gasteiger partial charge in [-0.1, -0.05) is 23.8 Å². The van der Waals surface area contributed by atoms with Crippen LogP contribution in [0.2, 0.25) is 0 Å². The molecule has 0 unspecified atom stereocenters. The predicted octanol–water partition coefficient (Wildman–Crippen LogP) is 5.62. The van der Waals surface area contributed by atoms with Crippen molar-refractivity contribution < 1.29 is 14.2 Å². The second kappa shape index (κ2) is 8.22. The Labute approximate surface area is 201 Å². The molecule has 2 atom stereocenters. The number of benzene rings is 2. The van der Waals surface area contributed by atoms with Crippen LogP contribution in [0.3, 0.4) is 0 Å². The molecular weight excluding hydrogens is 448 g/mol. The molecule has 34 heavy (non-hydrogen) atoms. The summed E-state index contributed by atoms with van der Waals surface area (Å²) in [6, 6.07) is 16.3. The van der Waals surface area contributed by atoms with Crippen molar-refractivity contribution in [3.63, 3.8) is 0 Å². The summed E-state index contributed by atoms with van der Waals surface area (Å²) >= 11 is 1.70. The molecule has 0 spiro atoms. The Morgan fingerprint density at radius 1 is 1.15 bits per heavy atom. The molecule has 0 saturated heterocycles. The van der Waals surface area contributed by atoms with Crippen molar-refractivity contribution >= 4 is 23.0 Å². The van der Waals surface area contributed by atoms with E-state index in [9.17, 15) is 0 Å². The summed E-state index contributed by atoms with van der Waals surface area (Å²) in [7, 11) is 1.66. The largest absolute Gasteiger partial charge is 0.493 e. The molecule has 0 saturated carbocycles. The summed E-state index contributed by atoms with van der Waals surface area (Å²) in [6.07, 6.45) is 1.24.